The van der Waals surface area contributed by atoms with Crippen LogP contribution in [-0.4, -0.2) is 62.2 Å². The van der Waals surface area contributed by atoms with E-state index in [0.29, 0.717) is 12.1 Å². The summed E-state index contributed by atoms with van der Waals surface area (Å²) in [6, 6.07) is 13.1. The van der Waals surface area contributed by atoms with Gasteiger partial charge in [0.2, 0.25) is 11.8 Å². The van der Waals surface area contributed by atoms with Crippen LogP contribution in [0, 0.1) is 5.82 Å². The molecule has 0 spiro atoms. The van der Waals surface area contributed by atoms with Gasteiger partial charge in [-0.2, -0.15) is 12.7 Å². The molecule has 10 heteroatoms. The molecule has 2 amide bonds. The molecule has 34 heavy (non-hydrogen) atoms. The molecule has 0 aromatic heterocycles. The maximum atomic E-state index is 14.4. The van der Waals surface area contributed by atoms with Gasteiger partial charge in [0.05, 0.1) is 5.69 Å². The molecular weight excluding hydrogens is 459 g/mol. The summed E-state index contributed by atoms with van der Waals surface area (Å²) in [5.41, 5.74) is 0.521. The fourth-order valence-electron chi connectivity index (χ4n) is 3.17. The van der Waals surface area contributed by atoms with Crippen LogP contribution < -0.4 is 9.62 Å². The van der Waals surface area contributed by atoms with Crippen LogP contribution in [0.1, 0.15) is 32.8 Å². The van der Waals surface area contributed by atoms with E-state index in [0.717, 1.165) is 8.61 Å². The summed E-state index contributed by atoms with van der Waals surface area (Å²) in [5.74, 6) is -1.55. The molecule has 0 heterocycles. The van der Waals surface area contributed by atoms with Crippen molar-refractivity contribution < 1.29 is 22.4 Å². The van der Waals surface area contributed by atoms with Crippen molar-refractivity contribution in [2.75, 3.05) is 24.9 Å². The van der Waals surface area contributed by atoms with E-state index in [1.54, 1.807) is 43.3 Å². The van der Waals surface area contributed by atoms with Gasteiger partial charge < -0.3 is 10.2 Å². The molecule has 2 atom stereocenters. The number of nitrogens with one attached hydrogen (secondary N) is 1. The normalized spacial score (nSPS) is 13.3. The number of carbonyl (C=O) groups excluding carboxylic acids is 2. The van der Waals surface area contributed by atoms with Gasteiger partial charge in [-0.05, 0) is 38.5 Å². The van der Waals surface area contributed by atoms with E-state index in [2.05, 4.69) is 5.32 Å². The zero-order chi connectivity index (χ0) is 25.5. The molecule has 2 unspecified atom stereocenters. The number of hydrogen-bond donors (Lipinski definition) is 1. The van der Waals surface area contributed by atoms with Crippen molar-refractivity contribution in [2.24, 2.45) is 0 Å². The van der Waals surface area contributed by atoms with Crippen molar-refractivity contribution in [1.82, 2.24) is 14.5 Å². The summed E-state index contributed by atoms with van der Waals surface area (Å²) in [6.45, 7) is 4.56. The van der Waals surface area contributed by atoms with Crippen LogP contribution in [0.3, 0.4) is 0 Å². The van der Waals surface area contributed by atoms with E-state index in [1.807, 2.05) is 13.8 Å². The van der Waals surface area contributed by atoms with Crippen molar-refractivity contribution in [2.45, 2.75) is 45.8 Å². The molecule has 0 bridgehead atoms. The van der Waals surface area contributed by atoms with E-state index in [1.165, 1.54) is 37.2 Å². The first-order chi connectivity index (χ1) is 16.0. The van der Waals surface area contributed by atoms with E-state index >= 15 is 0 Å². The van der Waals surface area contributed by atoms with Crippen LogP contribution in [0.15, 0.2) is 54.6 Å². The predicted octanol–water partition coefficient (Wildman–Crippen LogP) is 2.77. The molecule has 0 saturated heterocycles. The van der Waals surface area contributed by atoms with E-state index in [9.17, 15) is 22.4 Å². The Morgan fingerprint density at radius 1 is 1.00 bits per heavy atom. The fourth-order valence-corrected chi connectivity index (χ4v) is 4.23. The molecule has 0 radical (unpaired) electrons. The summed E-state index contributed by atoms with van der Waals surface area (Å²) < 4.78 is 42.5. The number of hydrogen-bond acceptors (Lipinski definition) is 4. The minimum Gasteiger partial charge on any atom is -0.352 e. The molecule has 0 aliphatic heterocycles. The Morgan fingerprint density at radius 3 is 2.15 bits per heavy atom. The average molecular weight is 493 g/mol. The van der Waals surface area contributed by atoms with Crippen LogP contribution >= 0.6 is 0 Å². The quantitative estimate of drug-likeness (QED) is 0.522. The largest absolute Gasteiger partial charge is 0.352 e. The molecular formula is C24H33FN4O4S. The molecule has 0 aliphatic rings. The van der Waals surface area contributed by atoms with Crippen molar-refractivity contribution >= 4 is 27.7 Å². The fraction of sp³-hybridized carbons (Fsp3) is 0.417. The summed E-state index contributed by atoms with van der Waals surface area (Å²) in [6.07, 6.45) is 0.697. The molecule has 2 aromatic carbocycles. The number of benzene rings is 2. The SMILES string of the molecule is CCC(C)NC(=O)C(C)N(Cc1ccccc1F)C(=O)CN(c1ccccc1)S(=O)(=O)N(C)C. The van der Waals surface area contributed by atoms with Gasteiger partial charge in [0, 0.05) is 32.2 Å². The second-order valence-electron chi connectivity index (χ2n) is 8.24. The maximum Gasteiger partial charge on any atom is 0.304 e. The van der Waals surface area contributed by atoms with Crippen molar-refractivity contribution in [3.8, 4) is 0 Å². The van der Waals surface area contributed by atoms with Crippen LogP contribution in [0.5, 0.6) is 0 Å². The average Bonchev–Trinajstić information content (AvgIpc) is 2.81. The number of nitrogens with zero attached hydrogens (tertiary/aromatic N) is 3. The lowest BCUT2D eigenvalue weighted by atomic mass is 10.1. The third-order valence-electron chi connectivity index (χ3n) is 5.53. The van der Waals surface area contributed by atoms with Crippen molar-refractivity contribution in [1.29, 1.82) is 0 Å². The zero-order valence-corrected chi connectivity index (χ0v) is 21.0. The van der Waals surface area contributed by atoms with Crippen molar-refractivity contribution in [3.05, 3.63) is 66.0 Å². The van der Waals surface area contributed by atoms with Gasteiger partial charge in [-0.15, -0.1) is 0 Å². The molecule has 8 nitrogen and oxygen atoms in total. The first kappa shape index (κ1) is 27.3. The van der Waals surface area contributed by atoms with Crippen LogP contribution in [0.4, 0.5) is 10.1 Å². The van der Waals surface area contributed by atoms with Crippen LogP contribution in [0.25, 0.3) is 0 Å². The number of carbonyl (C=O) groups is 2. The Kier molecular flexibility index (Phi) is 9.57. The first-order valence-electron chi connectivity index (χ1n) is 11.1. The first-order valence-corrected chi connectivity index (χ1v) is 12.5. The number of halogens is 1. The van der Waals surface area contributed by atoms with E-state index in [4.69, 9.17) is 0 Å². The lowest BCUT2D eigenvalue weighted by Gasteiger charge is -2.33. The molecule has 0 saturated carbocycles. The van der Waals surface area contributed by atoms with Crippen LogP contribution in [0.2, 0.25) is 0 Å². The van der Waals surface area contributed by atoms with Gasteiger partial charge in [-0.3, -0.25) is 9.59 Å². The number of amides is 2. The highest BCUT2D eigenvalue weighted by Crippen LogP contribution is 2.21. The molecule has 0 fully saturated rings. The van der Waals surface area contributed by atoms with Gasteiger partial charge in [-0.25, -0.2) is 8.70 Å². The summed E-state index contributed by atoms with van der Waals surface area (Å²) in [4.78, 5) is 27.6. The van der Waals surface area contributed by atoms with Gasteiger partial charge in [0.1, 0.15) is 18.4 Å². The maximum absolute atomic E-state index is 14.4. The summed E-state index contributed by atoms with van der Waals surface area (Å²) in [5, 5.41) is 2.83. The standard InChI is InChI=1S/C24H33FN4O4S/c1-6-18(2)26-24(31)19(3)28(16-20-12-10-11-15-22(20)25)23(30)17-29(34(32,33)27(4)5)21-13-8-7-9-14-21/h7-15,18-19H,6,16-17H2,1-5H3,(H,26,31). The topological polar surface area (TPSA) is 90.0 Å². The number of rotatable bonds is 11. The third kappa shape index (κ3) is 6.77. The molecule has 0 aliphatic carbocycles. The second kappa shape index (κ2) is 11.9. The zero-order valence-electron chi connectivity index (χ0n) is 20.2. The Bertz CT molecular complexity index is 1080. The molecule has 186 valence electrons. The third-order valence-corrected chi connectivity index (χ3v) is 7.35. The number of anilines is 1. The molecule has 2 rings (SSSR count). The smallest absolute Gasteiger partial charge is 0.304 e. The summed E-state index contributed by atoms with van der Waals surface area (Å²) >= 11 is 0. The molecule has 2 aromatic rings. The highest BCUT2D eigenvalue weighted by Gasteiger charge is 2.33. The molecule has 1 N–H and O–H groups in total. The Hall–Kier alpha value is -2.98. The van der Waals surface area contributed by atoms with E-state index in [-0.39, 0.29) is 18.2 Å². The van der Waals surface area contributed by atoms with Crippen LogP contribution in [-0.2, 0) is 26.3 Å². The van der Waals surface area contributed by atoms with Gasteiger partial charge in [-0.1, -0.05) is 43.3 Å². The van der Waals surface area contributed by atoms with Gasteiger partial charge in [0.15, 0.2) is 0 Å². The minimum absolute atomic E-state index is 0.115. The number of para-hydroxylation sites is 1. The Labute approximate surface area is 201 Å². The van der Waals surface area contributed by atoms with Gasteiger partial charge in [0.25, 0.3) is 0 Å². The van der Waals surface area contributed by atoms with Crippen molar-refractivity contribution in [3.63, 3.8) is 0 Å². The monoisotopic (exact) mass is 492 g/mol. The second-order valence-corrected chi connectivity index (χ2v) is 10.3. The van der Waals surface area contributed by atoms with E-state index < -0.39 is 40.4 Å². The highest BCUT2D eigenvalue weighted by molar-refractivity contribution is 7.90. The van der Waals surface area contributed by atoms with Gasteiger partial charge >= 0.3 is 10.2 Å². The summed E-state index contributed by atoms with van der Waals surface area (Å²) in [7, 11) is -1.29. The predicted molar refractivity (Wildman–Crippen MR) is 131 cm³/mol. The highest BCUT2D eigenvalue weighted by atomic mass is 32.2. The Balaban J connectivity index is 2.43. The lowest BCUT2D eigenvalue weighted by Crippen LogP contribution is -2.53. The Morgan fingerprint density at radius 2 is 1.59 bits per heavy atom. The lowest BCUT2D eigenvalue weighted by molar-refractivity contribution is -0.139. The minimum atomic E-state index is -4.03.